The summed E-state index contributed by atoms with van der Waals surface area (Å²) in [6.07, 6.45) is 4.03. The van der Waals surface area contributed by atoms with Crippen LogP contribution in [0.5, 0.6) is 0 Å². The Balaban J connectivity index is 3.22. The van der Waals surface area contributed by atoms with Gasteiger partial charge in [0.1, 0.15) is 0 Å². The van der Waals surface area contributed by atoms with Gasteiger partial charge in [0.15, 0.2) is 0 Å². The Kier molecular flexibility index (Phi) is 8.07. The van der Waals surface area contributed by atoms with E-state index >= 15 is 0 Å². The van der Waals surface area contributed by atoms with E-state index < -0.39 is 0 Å². The number of alkyl halides is 1. The maximum Gasteiger partial charge on any atom is 0.0518 e. The van der Waals surface area contributed by atoms with Crippen LogP contribution in [0.3, 0.4) is 0 Å². The van der Waals surface area contributed by atoms with E-state index in [4.69, 9.17) is 4.74 Å². The van der Waals surface area contributed by atoms with Crippen LogP contribution in [0.1, 0.15) is 47.0 Å². The fourth-order valence-electron chi connectivity index (χ4n) is 1.25. The molecule has 1 nitrogen and oxygen atoms in total. The van der Waals surface area contributed by atoms with Crippen LogP contribution in [0.4, 0.5) is 0 Å². The highest BCUT2D eigenvalue weighted by Gasteiger charge is 2.06. The van der Waals surface area contributed by atoms with E-state index in [0.29, 0.717) is 10.9 Å². The van der Waals surface area contributed by atoms with E-state index in [2.05, 4.69) is 43.6 Å². The highest BCUT2D eigenvalue weighted by Crippen LogP contribution is 2.17. The fraction of sp³-hybridized carbons (Fsp3) is 1.00. The summed E-state index contributed by atoms with van der Waals surface area (Å²) < 4.78 is 5.48. The minimum atomic E-state index is 0.374. The van der Waals surface area contributed by atoms with E-state index in [1.165, 1.54) is 19.3 Å². The van der Waals surface area contributed by atoms with Gasteiger partial charge in [-0.05, 0) is 39.0 Å². The van der Waals surface area contributed by atoms with Crippen LogP contribution in [0.25, 0.3) is 0 Å². The molecule has 0 amide bonds. The van der Waals surface area contributed by atoms with E-state index in [1.54, 1.807) is 0 Å². The smallest absolute Gasteiger partial charge is 0.0518 e. The summed E-state index contributed by atoms with van der Waals surface area (Å²) >= 11 is 3.69. The summed E-state index contributed by atoms with van der Waals surface area (Å²) in [6.45, 7) is 9.59. The minimum Gasteiger partial charge on any atom is -0.379 e. The second-order valence-electron chi connectivity index (χ2n) is 4.29. The summed E-state index contributed by atoms with van der Waals surface area (Å²) in [5, 5.41) is 0. The molecule has 0 heterocycles. The monoisotopic (exact) mass is 250 g/mol. The molecular weight excluding hydrogens is 228 g/mol. The van der Waals surface area contributed by atoms with Crippen molar-refractivity contribution in [1.82, 2.24) is 0 Å². The van der Waals surface area contributed by atoms with Gasteiger partial charge in [-0.15, -0.1) is 0 Å². The molecule has 0 aromatic rings. The van der Waals surface area contributed by atoms with E-state index in [1.807, 2.05) is 0 Å². The molecule has 1 unspecified atom stereocenters. The molecule has 0 aromatic heterocycles. The van der Waals surface area contributed by atoms with Crippen molar-refractivity contribution in [1.29, 1.82) is 0 Å². The molecule has 1 atom stereocenters. The quantitative estimate of drug-likeness (QED) is 0.491. The van der Waals surface area contributed by atoms with Gasteiger partial charge in [-0.3, -0.25) is 0 Å². The molecule has 0 aliphatic rings. The molecule has 0 spiro atoms. The van der Waals surface area contributed by atoms with E-state index in [-0.39, 0.29) is 0 Å². The number of hydrogen-bond acceptors (Lipinski definition) is 1. The maximum atomic E-state index is 5.48. The topological polar surface area (TPSA) is 9.23 Å². The molecule has 0 radical (unpaired) electrons. The Labute approximate surface area is 91.4 Å². The lowest BCUT2D eigenvalue weighted by Gasteiger charge is -2.12. The first-order valence-electron chi connectivity index (χ1n) is 5.28. The van der Waals surface area contributed by atoms with Crippen molar-refractivity contribution in [2.75, 3.05) is 6.61 Å². The molecular formula is C11H23BrO. The van der Waals surface area contributed by atoms with Gasteiger partial charge in [-0.2, -0.15) is 0 Å². The Bertz CT molecular complexity index is 113. The third-order valence-electron chi connectivity index (χ3n) is 1.84. The van der Waals surface area contributed by atoms with Gasteiger partial charge in [-0.25, -0.2) is 0 Å². The van der Waals surface area contributed by atoms with Gasteiger partial charge in [0, 0.05) is 11.4 Å². The average molecular weight is 251 g/mol. The first kappa shape index (κ1) is 13.4. The molecule has 0 rings (SSSR count). The maximum absolute atomic E-state index is 5.48. The summed E-state index contributed by atoms with van der Waals surface area (Å²) in [7, 11) is 0. The van der Waals surface area contributed by atoms with Crippen LogP contribution >= 0.6 is 15.9 Å². The standard InChI is InChI=1S/C11H23BrO/c1-9(2)8-11(12)6-5-7-13-10(3)4/h9-11H,5-8H2,1-4H3. The zero-order valence-corrected chi connectivity index (χ0v) is 10.9. The lowest BCUT2D eigenvalue weighted by Crippen LogP contribution is -2.07. The molecule has 0 saturated carbocycles. The predicted molar refractivity (Wildman–Crippen MR) is 62.5 cm³/mol. The van der Waals surface area contributed by atoms with Crippen molar-refractivity contribution in [2.24, 2.45) is 5.92 Å². The van der Waals surface area contributed by atoms with Gasteiger partial charge >= 0.3 is 0 Å². The van der Waals surface area contributed by atoms with Crippen molar-refractivity contribution in [3.8, 4) is 0 Å². The molecule has 2 heteroatoms. The Morgan fingerprint density at radius 3 is 2.23 bits per heavy atom. The largest absolute Gasteiger partial charge is 0.379 e. The van der Waals surface area contributed by atoms with Crippen molar-refractivity contribution in [3.63, 3.8) is 0 Å². The summed E-state index contributed by atoms with van der Waals surface area (Å²) in [5.74, 6) is 0.787. The zero-order valence-electron chi connectivity index (χ0n) is 9.35. The Hall–Kier alpha value is 0.440. The summed E-state index contributed by atoms with van der Waals surface area (Å²) in [6, 6.07) is 0. The lowest BCUT2D eigenvalue weighted by atomic mass is 10.1. The van der Waals surface area contributed by atoms with E-state index in [9.17, 15) is 0 Å². The fourth-order valence-corrected chi connectivity index (χ4v) is 2.32. The molecule has 0 aliphatic heterocycles. The first-order valence-corrected chi connectivity index (χ1v) is 6.19. The Morgan fingerprint density at radius 2 is 1.77 bits per heavy atom. The van der Waals surface area contributed by atoms with Gasteiger partial charge < -0.3 is 4.74 Å². The first-order chi connectivity index (χ1) is 6.02. The van der Waals surface area contributed by atoms with Crippen molar-refractivity contribution >= 4 is 15.9 Å². The number of rotatable bonds is 7. The normalized spacial score (nSPS) is 14.1. The molecule has 0 aromatic carbocycles. The van der Waals surface area contributed by atoms with E-state index in [0.717, 1.165) is 12.5 Å². The van der Waals surface area contributed by atoms with Crippen molar-refractivity contribution < 1.29 is 4.74 Å². The number of halogens is 1. The highest BCUT2D eigenvalue weighted by atomic mass is 79.9. The van der Waals surface area contributed by atoms with Gasteiger partial charge in [0.2, 0.25) is 0 Å². The summed E-state index contributed by atoms with van der Waals surface area (Å²) in [4.78, 5) is 0.670. The molecule has 0 aliphatic carbocycles. The molecule has 0 bridgehead atoms. The van der Waals surface area contributed by atoms with Crippen LogP contribution in [-0.2, 0) is 4.74 Å². The van der Waals surface area contributed by atoms with Crippen LogP contribution in [0, 0.1) is 5.92 Å². The highest BCUT2D eigenvalue weighted by molar-refractivity contribution is 9.09. The molecule has 0 N–H and O–H groups in total. The van der Waals surface area contributed by atoms with Gasteiger partial charge in [0.25, 0.3) is 0 Å². The molecule has 80 valence electrons. The van der Waals surface area contributed by atoms with Gasteiger partial charge in [-0.1, -0.05) is 29.8 Å². The zero-order chi connectivity index (χ0) is 10.3. The van der Waals surface area contributed by atoms with Crippen LogP contribution in [0.2, 0.25) is 0 Å². The number of ether oxygens (including phenoxy) is 1. The third kappa shape index (κ3) is 10.4. The van der Waals surface area contributed by atoms with Crippen LogP contribution < -0.4 is 0 Å². The van der Waals surface area contributed by atoms with Crippen molar-refractivity contribution in [2.45, 2.75) is 57.9 Å². The summed E-state index contributed by atoms with van der Waals surface area (Å²) in [5.41, 5.74) is 0. The average Bonchev–Trinajstić information content (AvgIpc) is 1.96. The minimum absolute atomic E-state index is 0.374. The predicted octanol–water partition coefficient (Wildman–Crippen LogP) is 4.00. The molecule has 13 heavy (non-hydrogen) atoms. The SMILES string of the molecule is CC(C)CC(Br)CCCOC(C)C. The molecule has 0 fully saturated rings. The third-order valence-corrected chi connectivity index (χ3v) is 2.67. The van der Waals surface area contributed by atoms with Crippen LogP contribution in [-0.4, -0.2) is 17.5 Å². The number of hydrogen-bond donors (Lipinski definition) is 0. The van der Waals surface area contributed by atoms with Crippen LogP contribution in [0.15, 0.2) is 0 Å². The Morgan fingerprint density at radius 1 is 1.15 bits per heavy atom. The second-order valence-corrected chi connectivity index (χ2v) is 5.58. The van der Waals surface area contributed by atoms with Gasteiger partial charge in [0.05, 0.1) is 6.10 Å². The molecule has 0 saturated heterocycles. The van der Waals surface area contributed by atoms with Crippen molar-refractivity contribution in [3.05, 3.63) is 0 Å². The lowest BCUT2D eigenvalue weighted by molar-refractivity contribution is 0.0758. The second kappa shape index (κ2) is 7.81.